The number of phenols is 1. The number of anilines is 1. The van der Waals surface area contributed by atoms with E-state index in [0.717, 1.165) is 0 Å². The van der Waals surface area contributed by atoms with Gasteiger partial charge >= 0.3 is 0 Å². The van der Waals surface area contributed by atoms with Gasteiger partial charge in [-0.05, 0) is 84.0 Å². The molecule has 0 unspecified atom stereocenters. The van der Waals surface area contributed by atoms with E-state index in [9.17, 15) is 62.6 Å². The first-order valence-corrected chi connectivity index (χ1v) is 31.3. The Bertz CT molecular complexity index is 3450. The summed E-state index contributed by atoms with van der Waals surface area (Å²) in [5.74, 6) is -12.1. The molecule has 0 fully saturated rings. The van der Waals surface area contributed by atoms with E-state index < -0.39 is 150 Å². The van der Waals surface area contributed by atoms with Gasteiger partial charge in [-0.2, -0.15) is 0 Å². The number of amides is 12. The number of primary amides is 2. The third-order valence-electron chi connectivity index (χ3n) is 15.5. The molecular formula is C68H86N13O13+. The third-order valence-corrected chi connectivity index (χ3v) is 15.5. The normalized spacial score (nSPS) is 22.0. The standard InChI is InChI=1S/C68H85N13O13/c1-39(2)33-50-62(88)78-52(35-42-19-10-6-11-20-42)63(89)72-47-24-15-14-23-46(47)59(85)75-51(34-41-17-8-5-9-18-41)64(90)79-53(36-43-21-12-7-13-22-43)65(91)80-55(38-57(71)84)66(92)73-49(30-31-56(70)83)61(87)77-54(37-44-26-28-45(82)29-27-44)67(93)81-58(40(3)4)68(94)74-48(25-16-32-69)60(86)76-50/h5-15,17-24,26-29,39-40,48-55,58,82H,16,25,30-38,69H2,1-4H3,(H2,70,83)(H2,71,84)(H,72,89)(H,73,92)(H,74,94)(H,75,85)(H,76,86)(H,77,87)(H,78,88)(H,79,90)(H,80,91)(H,81,93)/p+1/t48-,49-,50-,51-,52+,53+,54-,55-,58-/m0/s1. The maximum Gasteiger partial charge on any atom is 0.254 e. The van der Waals surface area contributed by atoms with Gasteiger partial charge in [-0.3, -0.25) is 57.5 Å². The van der Waals surface area contributed by atoms with Gasteiger partial charge in [-0.15, -0.1) is 0 Å². The number of carbonyl (C=O) groups is 12. The summed E-state index contributed by atoms with van der Waals surface area (Å²) in [7, 11) is 0. The lowest BCUT2D eigenvalue weighted by molar-refractivity contribution is -0.368. The van der Waals surface area contributed by atoms with Crippen LogP contribution < -0.4 is 70.4 Å². The summed E-state index contributed by atoms with van der Waals surface area (Å²) in [4.78, 5) is 172. The van der Waals surface area contributed by atoms with Crippen LogP contribution in [0.2, 0.25) is 0 Å². The molecule has 26 heteroatoms. The summed E-state index contributed by atoms with van der Waals surface area (Å²) in [5, 5.41) is 37.0. The molecule has 0 bridgehead atoms. The number of hydrogen-bond donors (Lipinski definition) is 14. The molecule has 5 aromatic rings. The molecule has 0 spiro atoms. The minimum absolute atomic E-state index is 0.0236. The van der Waals surface area contributed by atoms with Gasteiger partial charge in [0, 0.05) is 32.1 Å². The number of benzene rings is 5. The van der Waals surface area contributed by atoms with Crippen LogP contribution in [0.15, 0.2) is 140 Å². The maximum absolute atomic E-state index is 14.9. The van der Waals surface area contributed by atoms with Crippen LogP contribution in [-0.4, -0.2) is 137 Å². The average molecular weight is 1290 g/mol. The van der Waals surface area contributed by atoms with Crippen LogP contribution in [0.3, 0.4) is 0 Å². The van der Waals surface area contributed by atoms with Crippen LogP contribution in [0.4, 0.5) is 5.69 Å². The summed E-state index contributed by atoms with van der Waals surface area (Å²) >= 11 is 0. The molecule has 12 amide bonds. The van der Waals surface area contributed by atoms with Gasteiger partial charge in [0.1, 0.15) is 60.1 Å². The Labute approximate surface area is 545 Å². The SMILES string of the molecule is CC(C)C[C@@H]1NC(=O)[C@H](CCC[NH3+])NC(=O)[C@H](C(C)C)NC(=O)[C@H](Cc2ccc(O)cc2)NC(=O)[C@H](CCC(N)=O)NC(=O)[C@H](CC(N)=O)NC(=O)[C@@H](Cc2ccccc2)NC(=O)[C@H](Cc2ccccc2)NC(=O)c2ccccc2NC(=O)[C@@H](Cc2ccccc2)NC1=O. The lowest BCUT2D eigenvalue weighted by Crippen LogP contribution is -2.62. The van der Waals surface area contributed by atoms with Crippen molar-refractivity contribution >= 4 is 76.6 Å². The second-order valence-corrected chi connectivity index (χ2v) is 24.0. The highest BCUT2D eigenvalue weighted by molar-refractivity contribution is 6.07. The zero-order valence-electron chi connectivity index (χ0n) is 53.1. The van der Waals surface area contributed by atoms with Crippen molar-refractivity contribution in [1.82, 2.24) is 47.9 Å². The third kappa shape index (κ3) is 23.0. The van der Waals surface area contributed by atoms with Crippen LogP contribution in [-0.2, 0) is 78.4 Å². The molecule has 1 aliphatic rings. The molecule has 0 saturated carbocycles. The largest absolute Gasteiger partial charge is 0.508 e. The molecule has 500 valence electrons. The van der Waals surface area contributed by atoms with Crippen LogP contribution in [0.5, 0.6) is 5.75 Å². The van der Waals surface area contributed by atoms with Gasteiger partial charge in [0.15, 0.2) is 0 Å². The van der Waals surface area contributed by atoms with Crippen LogP contribution >= 0.6 is 0 Å². The van der Waals surface area contributed by atoms with Crippen molar-refractivity contribution in [3.05, 3.63) is 167 Å². The van der Waals surface area contributed by atoms with Gasteiger partial charge in [-0.1, -0.05) is 143 Å². The number of rotatable bonds is 19. The molecule has 0 aliphatic carbocycles. The fourth-order valence-electron chi connectivity index (χ4n) is 10.5. The summed E-state index contributed by atoms with van der Waals surface area (Å²) in [6.07, 6.45) is -2.19. The molecule has 1 heterocycles. The van der Waals surface area contributed by atoms with E-state index in [-0.39, 0.29) is 61.4 Å². The van der Waals surface area contributed by atoms with Crippen molar-refractivity contribution in [2.75, 3.05) is 11.9 Å². The Morgan fingerprint density at radius 1 is 0.426 bits per heavy atom. The van der Waals surface area contributed by atoms with Crippen molar-refractivity contribution in [2.45, 2.75) is 146 Å². The van der Waals surface area contributed by atoms with Crippen molar-refractivity contribution in [3.63, 3.8) is 0 Å². The molecule has 26 nitrogen and oxygen atoms in total. The number of quaternary nitrogens is 1. The Morgan fingerprint density at radius 2 is 0.809 bits per heavy atom. The van der Waals surface area contributed by atoms with E-state index in [2.05, 4.69) is 58.9 Å². The van der Waals surface area contributed by atoms with E-state index in [1.54, 1.807) is 111 Å². The Balaban J connectivity index is 1.48. The molecule has 0 aromatic heterocycles. The minimum atomic E-state index is -1.86. The lowest BCUT2D eigenvalue weighted by Gasteiger charge is -2.29. The number of para-hydroxylation sites is 1. The summed E-state index contributed by atoms with van der Waals surface area (Å²) in [6, 6.07) is 23.8. The number of nitrogens with one attached hydrogen (secondary N) is 10. The number of carbonyl (C=O) groups excluding carboxylic acids is 12. The Morgan fingerprint density at radius 3 is 1.29 bits per heavy atom. The van der Waals surface area contributed by atoms with Crippen molar-refractivity contribution < 1.29 is 68.4 Å². The smallest absolute Gasteiger partial charge is 0.254 e. The second-order valence-electron chi connectivity index (χ2n) is 24.0. The van der Waals surface area contributed by atoms with Crippen LogP contribution in [0, 0.1) is 11.8 Å². The van der Waals surface area contributed by atoms with E-state index in [0.29, 0.717) is 35.2 Å². The molecule has 0 radical (unpaired) electrons. The van der Waals surface area contributed by atoms with Gasteiger partial charge in [0.25, 0.3) is 5.91 Å². The molecule has 18 N–H and O–H groups in total. The topological polar surface area (TPSA) is 425 Å². The lowest BCUT2D eigenvalue weighted by atomic mass is 9.99. The first-order valence-electron chi connectivity index (χ1n) is 31.3. The van der Waals surface area contributed by atoms with Crippen LogP contribution in [0.1, 0.15) is 98.8 Å². The molecule has 5 aromatic carbocycles. The number of fused-ring (bicyclic) bond motifs is 1. The number of nitrogens with two attached hydrogens (primary N) is 2. The minimum Gasteiger partial charge on any atom is -0.508 e. The first-order chi connectivity index (χ1) is 44.9. The van der Waals surface area contributed by atoms with Crippen LogP contribution in [0.25, 0.3) is 0 Å². The number of phenolic OH excluding ortho intramolecular Hbond substituents is 1. The molecular weight excluding hydrogens is 1210 g/mol. The zero-order valence-corrected chi connectivity index (χ0v) is 53.1. The van der Waals surface area contributed by atoms with Crippen molar-refractivity contribution in [3.8, 4) is 5.75 Å². The summed E-state index contributed by atoms with van der Waals surface area (Å²) < 4.78 is 0. The zero-order chi connectivity index (χ0) is 68.4. The highest BCUT2D eigenvalue weighted by Crippen LogP contribution is 2.20. The average Bonchev–Trinajstić information content (AvgIpc) is 0.879. The molecule has 1 aliphatic heterocycles. The van der Waals surface area contributed by atoms with Gasteiger partial charge in [0.05, 0.1) is 24.2 Å². The molecule has 94 heavy (non-hydrogen) atoms. The molecule has 6 rings (SSSR count). The van der Waals surface area contributed by atoms with Crippen molar-refractivity contribution in [2.24, 2.45) is 23.3 Å². The Hall–Kier alpha value is -10.5. The predicted molar refractivity (Wildman–Crippen MR) is 348 cm³/mol. The molecule has 0 saturated heterocycles. The maximum atomic E-state index is 14.9. The number of aromatic hydroxyl groups is 1. The van der Waals surface area contributed by atoms with Gasteiger partial charge < -0.3 is 75.5 Å². The van der Waals surface area contributed by atoms with Gasteiger partial charge in [-0.25, -0.2) is 0 Å². The quantitative estimate of drug-likeness (QED) is 0.0525. The highest BCUT2D eigenvalue weighted by Gasteiger charge is 2.38. The monoisotopic (exact) mass is 1290 g/mol. The summed E-state index contributed by atoms with van der Waals surface area (Å²) in [6.45, 7) is 7.21. The summed E-state index contributed by atoms with van der Waals surface area (Å²) in [5.41, 5.74) is 17.1. The molecule has 9 atom stereocenters. The van der Waals surface area contributed by atoms with Crippen molar-refractivity contribution in [1.29, 1.82) is 0 Å². The Kier molecular flexibility index (Phi) is 27.7. The fraction of sp³-hybridized carbons (Fsp3) is 0.382. The van der Waals surface area contributed by atoms with E-state index in [1.807, 2.05) is 13.8 Å². The second kappa shape index (κ2) is 35.9. The number of hydrogen-bond acceptors (Lipinski definition) is 13. The first kappa shape index (κ1) is 72.6. The predicted octanol–water partition coefficient (Wildman–Crippen LogP) is 0.157. The van der Waals surface area contributed by atoms with E-state index in [4.69, 9.17) is 11.5 Å². The van der Waals surface area contributed by atoms with E-state index in [1.165, 1.54) is 42.5 Å². The fourth-order valence-corrected chi connectivity index (χ4v) is 10.5. The highest BCUT2D eigenvalue weighted by atomic mass is 16.3. The van der Waals surface area contributed by atoms with E-state index >= 15 is 0 Å². The van der Waals surface area contributed by atoms with Gasteiger partial charge in [0.2, 0.25) is 65.0 Å².